The zero-order chi connectivity index (χ0) is 15.5. The molecule has 1 heterocycles. The molecule has 0 radical (unpaired) electrons. The van der Waals surface area contributed by atoms with Crippen LogP contribution in [0.5, 0.6) is 11.5 Å². The zero-order valence-corrected chi connectivity index (χ0v) is 13.6. The summed E-state index contributed by atoms with van der Waals surface area (Å²) in [6.45, 7) is 2.08. The van der Waals surface area contributed by atoms with Gasteiger partial charge in [-0.3, -0.25) is 0 Å². The third-order valence-electron chi connectivity index (χ3n) is 3.39. The van der Waals surface area contributed by atoms with Gasteiger partial charge in [0.1, 0.15) is 5.01 Å². The number of benzene rings is 2. The average molecular weight is 311 g/mol. The summed E-state index contributed by atoms with van der Waals surface area (Å²) >= 11 is 1.69. The van der Waals surface area contributed by atoms with Crippen molar-refractivity contribution < 1.29 is 9.47 Å². The van der Waals surface area contributed by atoms with Crippen LogP contribution in [0.4, 0.5) is 0 Å². The maximum absolute atomic E-state index is 5.32. The fourth-order valence-electron chi connectivity index (χ4n) is 2.25. The van der Waals surface area contributed by atoms with E-state index < -0.39 is 0 Å². The van der Waals surface area contributed by atoms with E-state index in [2.05, 4.69) is 30.1 Å². The Balaban J connectivity index is 1.89. The lowest BCUT2D eigenvalue weighted by Crippen LogP contribution is -1.90. The number of thiazole rings is 1. The van der Waals surface area contributed by atoms with Gasteiger partial charge in [-0.25, -0.2) is 4.98 Å². The molecule has 0 fully saturated rings. The molecule has 0 unspecified atom stereocenters. The minimum atomic E-state index is 0.726. The molecule has 0 aliphatic carbocycles. The van der Waals surface area contributed by atoms with Gasteiger partial charge in [0.2, 0.25) is 0 Å². The van der Waals surface area contributed by atoms with Crippen LogP contribution in [0.2, 0.25) is 0 Å². The van der Waals surface area contributed by atoms with E-state index in [9.17, 15) is 0 Å². The number of fused-ring (bicyclic) bond motifs is 1. The highest BCUT2D eigenvalue weighted by molar-refractivity contribution is 7.19. The molecule has 0 aliphatic rings. The smallest absolute Gasteiger partial charge is 0.161 e. The monoisotopic (exact) mass is 311 g/mol. The summed E-state index contributed by atoms with van der Waals surface area (Å²) in [5.41, 5.74) is 3.33. The molecule has 0 N–H and O–H groups in total. The molecule has 3 nitrogen and oxygen atoms in total. The van der Waals surface area contributed by atoms with Crippen molar-refractivity contribution >= 4 is 33.7 Å². The molecule has 0 aliphatic heterocycles. The molecule has 3 aromatic rings. The predicted octanol–water partition coefficient (Wildman–Crippen LogP) is 4.79. The first-order valence-electron chi connectivity index (χ1n) is 6.97. The van der Waals surface area contributed by atoms with Gasteiger partial charge in [0.25, 0.3) is 0 Å². The van der Waals surface area contributed by atoms with Crippen LogP contribution in [0.1, 0.15) is 16.1 Å². The van der Waals surface area contributed by atoms with Crippen LogP contribution in [0, 0.1) is 6.92 Å². The normalized spacial score (nSPS) is 11.2. The molecular formula is C18H17NO2S. The number of nitrogens with zero attached hydrogens (tertiary/aromatic N) is 1. The summed E-state index contributed by atoms with van der Waals surface area (Å²) in [6.07, 6.45) is 4.06. The van der Waals surface area contributed by atoms with Crippen LogP contribution in [0.3, 0.4) is 0 Å². The number of methoxy groups -OCH3 is 2. The van der Waals surface area contributed by atoms with Crippen LogP contribution in [-0.2, 0) is 0 Å². The second-order valence-corrected chi connectivity index (χ2v) is 6.03. The van der Waals surface area contributed by atoms with Crippen LogP contribution >= 0.6 is 11.3 Å². The van der Waals surface area contributed by atoms with E-state index in [1.165, 1.54) is 10.3 Å². The molecule has 0 saturated heterocycles. The van der Waals surface area contributed by atoms with E-state index >= 15 is 0 Å². The van der Waals surface area contributed by atoms with Crippen molar-refractivity contribution in [2.75, 3.05) is 14.2 Å². The highest BCUT2D eigenvalue weighted by atomic mass is 32.1. The first kappa shape index (κ1) is 14.6. The quantitative estimate of drug-likeness (QED) is 0.694. The third kappa shape index (κ3) is 2.97. The predicted molar refractivity (Wildman–Crippen MR) is 92.8 cm³/mol. The van der Waals surface area contributed by atoms with Crippen molar-refractivity contribution in [3.05, 3.63) is 52.5 Å². The highest BCUT2D eigenvalue weighted by Crippen LogP contribution is 2.29. The molecular weight excluding hydrogens is 294 g/mol. The molecule has 0 spiro atoms. The maximum Gasteiger partial charge on any atom is 0.161 e. The van der Waals surface area contributed by atoms with E-state index in [0.29, 0.717) is 0 Å². The van der Waals surface area contributed by atoms with Crippen LogP contribution in [-0.4, -0.2) is 19.2 Å². The largest absolute Gasteiger partial charge is 0.493 e. The van der Waals surface area contributed by atoms with Gasteiger partial charge in [-0.05, 0) is 48.4 Å². The summed E-state index contributed by atoms with van der Waals surface area (Å²) in [5.74, 6) is 1.46. The SMILES string of the molecule is COc1ccc(C=Cc2nc3cc(C)ccc3s2)cc1OC. The Kier molecular flexibility index (Phi) is 4.11. The fourth-order valence-corrected chi connectivity index (χ4v) is 3.10. The summed E-state index contributed by atoms with van der Waals surface area (Å²) in [7, 11) is 3.28. The van der Waals surface area contributed by atoms with Gasteiger partial charge in [0.15, 0.2) is 11.5 Å². The van der Waals surface area contributed by atoms with Gasteiger partial charge in [-0.2, -0.15) is 0 Å². The van der Waals surface area contributed by atoms with Crippen molar-refractivity contribution in [2.45, 2.75) is 6.92 Å². The van der Waals surface area contributed by atoms with Crippen molar-refractivity contribution in [2.24, 2.45) is 0 Å². The van der Waals surface area contributed by atoms with E-state index in [4.69, 9.17) is 9.47 Å². The van der Waals surface area contributed by atoms with Gasteiger partial charge in [0, 0.05) is 0 Å². The maximum atomic E-state index is 5.32. The summed E-state index contributed by atoms with van der Waals surface area (Å²) in [5, 5.41) is 0.996. The van der Waals surface area contributed by atoms with E-state index in [0.717, 1.165) is 27.6 Å². The van der Waals surface area contributed by atoms with Crippen molar-refractivity contribution in [1.82, 2.24) is 4.98 Å². The Bertz CT molecular complexity index is 836. The molecule has 4 heteroatoms. The number of hydrogen-bond acceptors (Lipinski definition) is 4. The molecule has 3 rings (SSSR count). The standard InChI is InChI=1S/C18H17NO2S/c1-12-4-8-17-14(10-12)19-18(22-17)9-6-13-5-7-15(20-2)16(11-13)21-3/h4-11H,1-3H3. The van der Waals surface area contributed by atoms with Gasteiger partial charge in [-0.1, -0.05) is 18.2 Å². The molecule has 2 aromatic carbocycles. The summed E-state index contributed by atoms with van der Waals surface area (Å²) in [4.78, 5) is 4.64. The Morgan fingerprint density at radius 1 is 0.955 bits per heavy atom. The molecule has 0 atom stereocenters. The van der Waals surface area contributed by atoms with Crippen LogP contribution in [0.15, 0.2) is 36.4 Å². The number of rotatable bonds is 4. The van der Waals surface area contributed by atoms with Gasteiger partial charge >= 0.3 is 0 Å². The average Bonchev–Trinajstić information content (AvgIpc) is 2.94. The fraction of sp³-hybridized carbons (Fsp3) is 0.167. The molecule has 112 valence electrons. The number of aryl methyl sites for hydroxylation is 1. The first-order chi connectivity index (χ1) is 10.7. The minimum absolute atomic E-state index is 0.726. The lowest BCUT2D eigenvalue weighted by molar-refractivity contribution is 0.355. The lowest BCUT2D eigenvalue weighted by atomic mass is 10.2. The molecule has 22 heavy (non-hydrogen) atoms. The second kappa shape index (κ2) is 6.20. The first-order valence-corrected chi connectivity index (χ1v) is 7.78. The zero-order valence-electron chi connectivity index (χ0n) is 12.8. The molecule has 0 bridgehead atoms. The van der Waals surface area contributed by atoms with E-state index in [1.807, 2.05) is 30.4 Å². The van der Waals surface area contributed by atoms with Crippen molar-refractivity contribution in [1.29, 1.82) is 0 Å². The minimum Gasteiger partial charge on any atom is -0.493 e. The molecule has 1 aromatic heterocycles. The highest BCUT2D eigenvalue weighted by Gasteiger charge is 2.04. The Morgan fingerprint density at radius 3 is 2.55 bits per heavy atom. The van der Waals surface area contributed by atoms with Gasteiger partial charge in [-0.15, -0.1) is 11.3 Å². The van der Waals surface area contributed by atoms with Gasteiger partial charge < -0.3 is 9.47 Å². The number of ether oxygens (including phenoxy) is 2. The van der Waals surface area contributed by atoms with Crippen molar-refractivity contribution in [3.8, 4) is 11.5 Å². The van der Waals surface area contributed by atoms with Crippen LogP contribution < -0.4 is 9.47 Å². The van der Waals surface area contributed by atoms with E-state index in [-0.39, 0.29) is 0 Å². The third-order valence-corrected chi connectivity index (χ3v) is 4.39. The number of aromatic nitrogens is 1. The lowest BCUT2D eigenvalue weighted by Gasteiger charge is -2.07. The van der Waals surface area contributed by atoms with Gasteiger partial charge in [0.05, 0.1) is 24.4 Å². The van der Waals surface area contributed by atoms with E-state index in [1.54, 1.807) is 25.6 Å². The summed E-state index contributed by atoms with van der Waals surface area (Å²) in [6, 6.07) is 12.2. The molecule has 0 amide bonds. The Labute approximate surface area is 133 Å². The summed E-state index contributed by atoms with van der Waals surface area (Å²) < 4.78 is 11.8. The second-order valence-electron chi connectivity index (χ2n) is 4.97. The topological polar surface area (TPSA) is 31.4 Å². The molecule has 0 saturated carbocycles. The number of hydrogen-bond donors (Lipinski definition) is 0. The Hall–Kier alpha value is -2.33. The van der Waals surface area contributed by atoms with Crippen molar-refractivity contribution in [3.63, 3.8) is 0 Å². The Morgan fingerprint density at radius 2 is 1.77 bits per heavy atom. The van der Waals surface area contributed by atoms with Crippen LogP contribution in [0.25, 0.3) is 22.4 Å².